The number of quaternary nitrogens is 1. The largest absolute Gasteiger partial charge is 0.497 e. The van der Waals surface area contributed by atoms with Crippen LogP contribution in [0.15, 0.2) is 29.2 Å². The number of thiocarbonyl (C=S) groups is 1. The van der Waals surface area contributed by atoms with Gasteiger partial charge in [-0.3, -0.25) is 19.9 Å². The SMILES string of the molecule is COc1ccc(C=C2SC(=S)N(CCC(=O)NN3CC[NH+](C)CC3)C2=O)cc1. The molecule has 2 aliphatic heterocycles. The highest BCUT2D eigenvalue weighted by Gasteiger charge is 2.32. The molecule has 2 heterocycles. The van der Waals surface area contributed by atoms with Crippen LogP contribution in [0.2, 0.25) is 0 Å². The van der Waals surface area contributed by atoms with Crippen molar-refractivity contribution in [1.29, 1.82) is 0 Å². The third-order valence-electron chi connectivity index (χ3n) is 4.75. The minimum Gasteiger partial charge on any atom is -0.497 e. The molecule has 0 aromatic heterocycles. The Bertz CT molecular complexity index is 774. The van der Waals surface area contributed by atoms with E-state index in [9.17, 15) is 9.59 Å². The van der Waals surface area contributed by atoms with Crippen LogP contribution in [0.3, 0.4) is 0 Å². The van der Waals surface area contributed by atoms with E-state index in [1.165, 1.54) is 21.6 Å². The van der Waals surface area contributed by atoms with E-state index in [4.69, 9.17) is 17.0 Å². The molecule has 3 rings (SSSR count). The Kier molecular flexibility index (Phi) is 7.06. The average molecular weight is 422 g/mol. The molecule has 2 fully saturated rings. The van der Waals surface area contributed by atoms with E-state index in [1.54, 1.807) is 7.11 Å². The topological polar surface area (TPSA) is 66.3 Å². The van der Waals surface area contributed by atoms with Gasteiger partial charge in [-0.25, -0.2) is 5.01 Å². The summed E-state index contributed by atoms with van der Waals surface area (Å²) in [5.74, 6) is 0.520. The van der Waals surface area contributed by atoms with Crippen molar-refractivity contribution in [3.8, 4) is 5.75 Å². The maximum absolute atomic E-state index is 12.7. The van der Waals surface area contributed by atoms with Crippen molar-refractivity contribution in [3.05, 3.63) is 34.7 Å². The Hall–Kier alpha value is -1.94. The molecule has 0 atom stereocenters. The van der Waals surface area contributed by atoms with Crippen LogP contribution >= 0.6 is 24.0 Å². The zero-order chi connectivity index (χ0) is 20.1. The Morgan fingerprint density at radius 3 is 2.64 bits per heavy atom. The van der Waals surface area contributed by atoms with Crippen LogP contribution in [0, 0.1) is 0 Å². The molecule has 1 aromatic rings. The summed E-state index contributed by atoms with van der Waals surface area (Å²) in [4.78, 5) is 28.4. The quantitative estimate of drug-likeness (QED) is 0.504. The third-order valence-corrected chi connectivity index (χ3v) is 6.13. The lowest BCUT2D eigenvalue weighted by atomic mass is 10.2. The van der Waals surface area contributed by atoms with Crippen LogP contribution in [0.4, 0.5) is 0 Å². The smallest absolute Gasteiger partial charge is 0.266 e. The van der Waals surface area contributed by atoms with Gasteiger partial charge in [0.15, 0.2) is 0 Å². The molecule has 9 heteroatoms. The molecule has 0 aliphatic carbocycles. The van der Waals surface area contributed by atoms with Crippen LogP contribution in [0.25, 0.3) is 6.08 Å². The number of ether oxygens (including phenoxy) is 1. The standard InChI is InChI=1S/C19H24N4O3S2/c1-21-9-11-22(12-10-21)20-17(24)7-8-23-18(25)16(28-19(23)27)13-14-3-5-15(26-2)6-4-14/h3-6,13H,7-12H2,1-2H3,(H,20,24)/p+1. The van der Waals surface area contributed by atoms with Crippen molar-refractivity contribution < 1.29 is 19.2 Å². The normalized spacial score (nSPS) is 20.1. The highest BCUT2D eigenvalue weighted by molar-refractivity contribution is 8.26. The first-order valence-corrected chi connectivity index (χ1v) is 10.4. The second-order valence-corrected chi connectivity index (χ2v) is 8.51. The van der Waals surface area contributed by atoms with Crippen molar-refractivity contribution in [3.63, 3.8) is 0 Å². The molecule has 0 saturated carbocycles. The first kappa shape index (κ1) is 20.8. The van der Waals surface area contributed by atoms with E-state index in [-0.39, 0.29) is 24.8 Å². The molecule has 1 aromatic carbocycles. The number of benzene rings is 1. The zero-order valence-electron chi connectivity index (χ0n) is 16.1. The molecule has 0 spiro atoms. The maximum Gasteiger partial charge on any atom is 0.266 e. The maximum atomic E-state index is 12.7. The fourth-order valence-electron chi connectivity index (χ4n) is 2.99. The molecular weight excluding hydrogens is 396 g/mol. The van der Waals surface area contributed by atoms with Gasteiger partial charge < -0.3 is 9.64 Å². The van der Waals surface area contributed by atoms with Gasteiger partial charge in [0.2, 0.25) is 5.91 Å². The van der Waals surface area contributed by atoms with Crippen molar-refractivity contribution in [2.24, 2.45) is 0 Å². The molecule has 2 aliphatic rings. The van der Waals surface area contributed by atoms with Gasteiger partial charge in [0.25, 0.3) is 5.91 Å². The van der Waals surface area contributed by atoms with E-state index < -0.39 is 0 Å². The summed E-state index contributed by atoms with van der Waals surface area (Å²) in [6.45, 7) is 3.97. The predicted octanol–water partition coefficient (Wildman–Crippen LogP) is 0.148. The second kappa shape index (κ2) is 9.51. The van der Waals surface area contributed by atoms with Crippen molar-refractivity contribution in [2.45, 2.75) is 6.42 Å². The number of carbonyl (C=O) groups is 2. The second-order valence-electron chi connectivity index (χ2n) is 6.84. The summed E-state index contributed by atoms with van der Waals surface area (Å²) in [5, 5.41) is 1.95. The van der Waals surface area contributed by atoms with Gasteiger partial charge in [-0.1, -0.05) is 36.1 Å². The van der Waals surface area contributed by atoms with E-state index in [2.05, 4.69) is 12.5 Å². The van der Waals surface area contributed by atoms with Crippen LogP contribution in [-0.2, 0) is 9.59 Å². The van der Waals surface area contributed by atoms with Gasteiger partial charge in [0.1, 0.15) is 10.1 Å². The van der Waals surface area contributed by atoms with Crippen molar-refractivity contribution in [2.75, 3.05) is 46.9 Å². The number of thioether (sulfide) groups is 1. The monoisotopic (exact) mass is 421 g/mol. The third kappa shape index (κ3) is 5.32. The molecule has 2 saturated heterocycles. The fraction of sp³-hybridized carbons (Fsp3) is 0.421. The van der Waals surface area contributed by atoms with Crippen LogP contribution in [0.1, 0.15) is 12.0 Å². The number of likely N-dealkylation sites (N-methyl/N-ethyl adjacent to an activating group) is 1. The Balaban J connectivity index is 1.53. The summed E-state index contributed by atoms with van der Waals surface area (Å²) in [5.41, 5.74) is 3.82. The summed E-state index contributed by atoms with van der Waals surface area (Å²) < 4.78 is 5.63. The van der Waals surface area contributed by atoms with Crippen LogP contribution < -0.4 is 15.1 Å². The number of nitrogens with zero attached hydrogens (tertiary/aromatic N) is 2. The lowest BCUT2D eigenvalue weighted by molar-refractivity contribution is -0.884. The number of hydrazine groups is 1. The Morgan fingerprint density at radius 1 is 1.32 bits per heavy atom. The number of piperazine rings is 1. The zero-order valence-corrected chi connectivity index (χ0v) is 17.7. The lowest BCUT2D eigenvalue weighted by Gasteiger charge is -2.30. The molecule has 0 bridgehead atoms. The van der Waals surface area contributed by atoms with Gasteiger partial charge in [-0.15, -0.1) is 0 Å². The number of hydrogen-bond acceptors (Lipinski definition) is 6. The number of amides is 2. The number of nitrogens with one attached hydrogen (secondary N) is 2. The van der Waals surface area contributed by atoms with Crippen LogP contribution in [0.5, 0.6) is 5.75 Å². The molecule has 0 radical (unpaired) electrons. The molecule has 150 valence electrons. The van der Waals surface area contributed by atoms with E-state index >= 15 is 0 Å². The van der Waals surface area contributed by atoms with Gasteiger partial charge >= 0.3 is 0 Å². The Morgan fingerprint density at radius 2 is 2.00 bits per heavy atom. The first-order valence-electron chi connectivity index (χ1n) is 9.21. The molecule has 2 N–H and O–H groups in total. The van der Waals surface area contributed by atoms with Crippen molar-refractivity contribution in [1.82, 2.24) is 15.3 Å². The van der Waals surface area contributed by atoms with Gasteiger partial charge in [0.05, 0.1) is 45.2 Å². The minimum absolute atomic E-state index is 0.0901. The highest BCUT2D eigenvalue weighted by atomic mass is 32.2. The number of methoxy groups -OCH3 is 1. The van der Waals surface area contributed by atoms with Crippen molar-refractivity contribution >= 4 is 46.2 Å². The first-order chi connectivity index (χ1) is 13.5. The van der Waals surface area contributed by atoms with E-state index in [1.807, 2.05) is 35.4 Å². The summed E-state index contributed by atoms with van der Waals surface area (Å²) in [6.07, 6.45) is 2.03. The molecule has 28 heavy (non-hydrogen) atoms. The summed E-state index contributed by atoms with van der Waals surface area (Å²) >= 11 is 6.61. The number of hydrogen-bond donors (Lipinski definition) is 2. The molecule has 7 nitrogen and oxygen atoms in total. The number of carbonyl (C=O) groups excluding carboxylic acids is 2. The van der Waals surface area contributed by atoms with Gasteiger partial charge in [-0.2, -0.15) is 0 Å². The molecular formula is C19H25N4O3S2+. The van der Waals surface area contributed by atoms with Crippen LogP contribution in [-0.4, -0.2) is 72.9 Å². The molecule has 0 unspecified atom stereocenters. The highest BCUT2D eigenvalue weighted by Crippen LogP contribution is 2.32. The van der Waals surface area contributed by atoms with E-state index in [0.717, 1.165) is 37.5 Å². The summed E-state index contributed by atoms with van der Waals surface area (Å²) in [7, 11) is 3.76. The van der Waals surface area contributed by atoms with Gasteiger partial charge in [-0.05, 0) is 23.8 Å². The Labute approximate surface area is 174 Å². The average Bonchev–Trinajstić information content (AvgIpc) is 2.95. The summed E-state index contributed by atoms with van der Waals surface area (Å²) in [6, 6.07) is 7.46. The molecule has 2 amide bonds. The number of rotatable bonds is 6. The fourth-order valence-corrected chi connectivity index (χ4v) is 4.30. The van der Waals surface area contributed by atoms with E-state index in [0.29, 0.717) is 9.23 Å². The minimum atomic E-state index is -0.151. The lowest BCUT2D eigenvalue weighted by Crippen LogP contribution is -3.12. The van der Waals surface area contributed by atoms with Gasteiger partial charge in [0, 0.05) is 13.0 Å². The predicted molar refractivity (Wildman–Crippen MR) is 114 cm³/mol.